The van der Waals surface area contributed by atoms with Gasteiger partial charge in [0.25, 0.3) is 0 Å². The number of hydrogen-bond acceptors (Lipinski definition) is 4. The average molecular weight is 161 g/mol. The molecule has 0 bridgehead atoms. The number of rotatable bonds is 5. The summed E-state index contributed by atoms with van der Waals surface area (Å²) in [5, 5.41) is 8.16. The summed E-state index contributed by atoms with van der Waals surface area (Å²) >= 11 is 0. The molecule has 0 unspecified atom stereocenters. The number of carboxylic acid groups (broad SMARTS) is 1. The van der Waals surface area contributed by atoms with E-state index in [0.717, 1.165) is 0 Å². The maximum atomic E-state index is 10.4. The maximum Gasteiger partial charge on any atom is 0.324 e. The van der Waals surface area contributed by atoms with Crippen molar-refractivity contribution in [1.29, 1.82) is 0 Å². The van der Waals surface area contributed by atoms with Crippen LogP contribution in [0.3, 0.4) is 0 Å². The summed E-state index contributed by atoms with van der Waals surface area (Å²) < 4.78 is 0. The van der Waals surface area contributed by atoms with Gasteiger partial charge in [0.1, 0.15) is 0 Å². The fourth-order valence-electron chi connectivity index (χ4n) is 0.362. The lowest BCUT2D eigenvalue weighted by atomic mass is 10.4. The highest BCUT2D eigenvalue weighted by Crippen LogP contribution is 1.80. The Bertz CT molecular complexity index is 146. The lowest BCUT2D eigenvalue weighted by molar-refractivity contribution is -0.152. The number of carbonyl (C=O) groups excluding carboxylic acids is 1. The summed E-state index contributed by atoms with van der Waals surface area (Å²) in [6, 6.07) is 0. The molecule has 0 aliphatic carbocycles. The van der Waals surface area contributed by atoms with Crippen molar-refractivity contribution in [3.05, 3.63) is 0 Å². The molecule has 0 aliphatic heterocycles. The summed E-state index contributed by atoms with van der Waals surface area (Å²) in [5.74, 6) is -1.32. The Kier molecular flexibility index (Phi) is 5.10. The van der Waals surface area contributed by atoms with Gasteiger partial charge >= 0.3 is 11.9 Å². The van der Waals surface area contributed by atoms with E-state index in [1.807, 2.05) is 0 Å². The molecule has 0 fully saturated rings. The summed E-state index contributed by atoms with van der Waals surface area (Å²) in [7, 11) is 0. The van der Waals surface area contributed by atoms with Crippen molar-refractivity contribution in [2.24, 2.45) is 0 Å². The second kappa shape index (κ2) is 5.67. The van der Waals surface area contributed by atoms with E-state index in [4.69, 9.17) is 5.11 Å². The van der Waals surface area contributed by atoms with Gasteiger partial charge in [-0.3, -0.25) is 9.59 Å². The summed E-state index contributed by atoms with van der Waals surface area (Å²) in [6.45, 7) is 1.79. The zero-order chi connectivity index (χ0) is 8.69. The summed E-state index contributed by atoms with van der Waals surface area (Å²) in [5.41, 5.74) is 2.24. The zero-order valence-electron chi connectivity index (χ0n) is 6.29. The first-order valence-electron chi connectivity index (χ1n) is 3.31. The first-order chi connectivity index (χ1) is 5.16. The Hall–Kier alpha value is -1.10. The Morgan fingerprint density at radius 3 is 2.64 bits per heavy atom. The summed E-state index contributed by atoms with van der Waals surface area (Å²) in [6.07, 6.45) is 0.219. The molecule has 0 heterocycles. The van der Waals surface area contributed by atoms with Crippen molar-refractivity contribution < 1.29 is 19.5 Å². The van der Waals surface area contributed by atoms with Crippen molar-refractivity contribution >= 4 is 11.9 Å². The van der Waals surface area contributed by atoms with Gasteiger partial charge in [-0.2, -0.15) is 5.48 Å². The predicted molar refractivity (Wildman–Crippen MR) is 36.6 cm³/mol. The SMILES string of the molecule is CCC(=O)ONCCC(=O)O. The van der Waals surface area contributed by atoms with Gasteiger partial charge in [-0.05, 0) is 0 Å². The van der Waals surface area contributed by atoms with Gasteiger partial charge in [0.05, 0.1) is 6.42 Å². The van der Waals surface area contributed by atoms with E-state index in [0.29, 0.717) is 0 Å². The molecule has 0 aromatic heterocycles. The van der Waals surface area contributed by atoms with Gasteiger partial charge in [0, 0.05) is 13.0 Å². The third-order valence-electron chi connectivity index (χ3n) is 0.916. The fourth-order valence-corrected chi connectivity index (χ4v) is 0.362. The van der Waals surface area contributed by atoms with Crippen LogP contribution in [0.25, 0.3) is 0 Å². The number of nitrogens with one attached hydrogen (secondary N) is 1. The predicted octanol–water partition coefficient (Wildman–Crippen LogP) is -0.0811. The lowest BCUT2D eigenvalue weighted by Gasteiger charge is -2.01. The first-order valence-corrected chi connectivity index (χ1v) is 3.31. The monoisotopic (exact) mass is 161 g/mol. The van der Waals surface area contributed by atoms with Crippen LogP contribution in [0.15, 0.2) is 0 Å². The molecule has 5 heteroatoms. The number of carboxylic acids is 1. The van der Waals surface area contributed by atoms with Crippen molar-refractivity contribution in [1.82, 2.24) is 5.48 Å². The molecule has 0 amide bonds. The van der Waals surface area contributed by atoms with E-state index in [2.05, 4.69) is 10.3 Å². The van der Waals surface area contributed by atoms with Crippen molar-refractivity contribution in [3.8, 4) is 0 Å². The third kappa shape index (κ3) is 6.79. The molecule has 0 aromatic rings. The minimum atomic E-state index is -0.926. The molecule has 0 rings (SSSR count). The Balaban J connectivity index is 3.14. The van der Waals surface area contributed by atoms with Gasteiger partial charge in [-0.15, -0.1) is 0 Å². The minimum Gasteiger partial charge on any atom is -0.481 e. The van der Waals surface area contributed by atoms with Crippen LogP contribution in [-0.2, 0) is 14.4 Å². The standard InChI is InChI=1S/C6H11NO4/c1-2-6(10)11-7-4-3-5(8)9/h7H,2-4H2,1H3,(H,8,9). The largest absolute Gasteiger partial charge is 0.481 e. The molecule has 2 N–H and O–H groups in total. The van der Waals surface area contributed by atoms with Crippen molar-refractivity contribution in [3.63, 3.8) is 0 Å². The van der Waals surface area contributed by atoms with Gasteiger partial charge in [0.2, 0.25) is 0 Å². The molecule has 0 aliphatic rings. The van der Waals surface area contributed by atoms with E-state index in [9.17, 15) is 9.59 Å². The second-order valence-electron chi connectivity index (χ2n) is 1.87. The molecule has 0 saturated carbocycles. The van der Waals surface area contributed by atoms with Crippen LogP contribution in [-0.4, -0.2) is 23.6 Å². The van der Waals surface area contributed by atoms with Crippen LogP contribution in [0.2, 0.25) is 0 Å². The van der Waals surface area contributed by atoms with E-state index < -0.39 is 11.9 Å². The molecule has 0 aromatic carbocycles. The van der Waals surface area contributed by atoms with Crippen LogP contribution in [0.5, 0.6) is 0 Å². The van der Waals surface area contributed by atoms with Crippen LogP contribution in [0.4, 0.5) is 0 Å². The van der Waals surface area contributed by atoms with E-state index in [1.165, 1.54) is 0 Å². The third-order valence-corrected chi connectivity index (χ3v) is 0.916. The van der Waals surface area contributed by atoms with Crippen LogP contribution >= 0.6 is 0 Å². The van der Waals surface area contributed by atoms with Crippen molar-refractivity contribution in [2.45, 2.75) is 19.8 Å². The smallest absolute Gasteiger partial charge is 0.324 e. The maximum absolute atomic E-state index is 10.4. The topological polar surface area (TPSA) is 75.6 Å². The summed E-state index contributed by atoms with van der Waals surface area (Å²) in [4.78, 5) is 24.7. The number of carbonyl (C=O) groups is 2. The Morgan fingerprint density at radius 1 is 1.55 bits per heavy atom. The molecular formula is C6H11NO4. The highest BCUT2D eigenvalue weighted by Gasteiger charge is 1.98. The first kappa shape index (κ1) is 9.90. The number of aliphatic carboxylic acids is 1. The quantitative estimate of drug-likeness (QED) is 0.435. The molecule has 11 heavy (non-hydrogen) atoms. The lowest BCUT2D eigenvalue weighted by Crippen LogP contribution is -2.22. The van der Waals surface area contributed by atoms with E-state index in [1.54, 1.807) is 6.92 Å². The normalized spacial score (nSPS) is 9.18. The van der Waals surface area contributed by atoms with Gasteiger partial charge in [-0.1, -0.05) is 6.92 Å². The Morgan fingerprint density at radius 2 is 2.18 bits per heavy atom. The van der Waals surface area contributed by atoms with Crippen LogP contribution < -0.4 is 5.48 Å². The van der Waals surface area contributed by atoms with Crippen molar-refractivity contribution in [2.75, 3.05) is 6.54 Å². The molecule has 5 nitrogen and oxygen atoms in total. The minimum absolute atomic E-state index is 0.0585. The van der Waals surface area contributed by atoms with Gasteiger partial charge < -0.3 is 9.94 Å². The number of hydrogen-bond donors (Lipinski definition) is 2. The van der Waals surface area contributed by atoms with Crippen LogP contribution in [0, 0.1) is 0 Å². The molecule has 0 atom stereocenters. The second-order valence-corrected chi connectivity index (χ2v) is 1.87. The average Bonchev–Trinajstić information content (AvgIpc) is 1.97. The molecule has 0 spiro atoms. The van der Waals surface area contributed by atoms with Gasteiger partial charge in [0.15, 0.2) is 0 Å². The molecule has 0 saturated heterocycles. The molecule has 0 radical (unpaired) electrons. The zero-order valence-corrected chi connectivity index (χ0v) is 6.29. The highest BCUT2D eigenvalue weighted by molar-refractivity contribution is 5.68. The van der Waals surface area contributed by atoms with Gasteiger partial charge in [-0.25, -0.2) is 0 Å². The molecule has 64 valence electrons. The highest BCUT2D eigenvalue weighted by atomic mass is 16.7. The molecular weight excluding hydrogens is 150 g/mol. The number of hydroxylamine groups is 1. The van der Waals surface area contributed by atoms with E-state index >= 15 is 0 Å². The van der Waals surface area contributed by atoms with Crippen LogP contribution in [0.1, 0.15) is 19.8 Å². The Labute approximate surface area is 64.3 Å². The van der Waals surface area contributed by atoms with E-state index in [-0.39, 0.29) is 19.4 Å². The fraction of sp³-hybridized carbons (Fsp3) is 0.667.